The van der Waals surface area contributed by atoms with Gasteiger partial charge in [-0.05, 0) is 40.6 Å². The Balaban J connectivity index is 1.57. The summed E-state index contributed by atoms with van der Waals surface area (Å²) in [6, 6.07) is 7.96. The lowest BCUT2D eigenvalue weighted by atomic mass is 10.1. The summed E-state index contributed by atoms with van der Waals surface area (Å²) < 4.78 is 3.89. The molecular weight excluding hydrogens is 296 g/mol. The molecule has 3 aromatic rings. The number of carbonyl (C=O) groups is 1. The number of nitrogens with one attached hydrogen (secondary N) is 1. The van der Waals surface area contributed by atoms with Crippen LogP contribution in [0.1, 0.15) is 18.0 Å². The first-order valence-electron chi connectivity index (χ1n) is 7.21. The molecule has 1 atom stereocenters. The van der Waals surface area contributed by atoms with Crippen molar-refractivity contribution in [2.45, 2.75) is 19.0 Å². The first kappa shape index (κ1) is 14.6. The average molecular weight is 314 g/mol. The molecule has 0 radical (unpaired) electrons. The van der Waals surface area contributed by atoms with E-state index in [1.807, 2.05) is 46.9 Å². The Morgan fingerprint density at radius 1 is 1.27 bits per heavy atom. The number of rotatable bonds is 7. The van der Waals surface area contributed by atoms with E-state index in [4.69, 9.17) is 0 Å². The monoisotopic (exact) mass is 314 g/mol. The van der Waals surface area contributed by atoms with Crippen LogP contribution in [0, 0.1) is 0 Å². The number of thiophene rings is 1. The Morgan fingerprint density at radius 2 is 2.14 bits per heavy atom. The number of amides is 1. The van der Waals surface area contributed by atoms with Crippen LogP contribution in [0.5, 0.6) is 0 Å². The van der Waals surface area contributed by atoms with Gasteiger partial charge in [0.25, 0.3) is 0 Å². The first-order chi connectivity index (χ1) is 10.8. The van der Waals surface area contributed by atoms with E-state index in [9.17, 15) is 4.79 Å². The summed E-state index contributed by atoms with van der Waals surface area (Å²) in [6.07, 6.45) is 8.06. The Hall–Kier alpha value is -2.34. The Labute approximate surface area is 133 Å². The number of nitrogens with zero attached hydrogens (tertiary/aromatic N) is 3. The molecule has 3 heterocycles. The molecule has 0 fully saturated rings. The lowest BCUT2D eigenvalue weighted by molar-refractivity contribution is -0.121. The van der Waals surface area contributed by atoms with Crippen LogP contribution in [-0.4, -0.2) is 26.8 Å². The van der Waals surface area contributed by atoms with Crippen molar-refractivity contribution in [2.75, 3.05) is 6.54 Å². The molecule has 0 bridgehead atoms. The largest absolute Gasteiger partial charge is 0.354 e. The molecule has 6 heteroatoms. The van der Waals surface area contributed by atoms with Gasteiger partial charge in [0.2, 0.25) is 5.91 Å². The molecule has 1 N–H and O–H groups in total. The molecule has 0 aromatic carbocycles. The fourth-order valence-electron chi connectivity index (χ4n) is 2.41. The van der Waals surface area contributed by atoms with Crippen molar-refractivity contribution in [2.24, 2.45) is 0 Å². The molecule has 0 saturated carbocycles. The molecule has 3 rings (SSSR count). The summed E-state index contributed by atoms with van der Waals surface area (Å²) in [7, 11) is 0. The van der Waals surface area contributed by atoms with Gasteiger partial charge in [-0.15, -0.1) is 0 Å². The van der Waals surface area contributed by atoms with Crippen molar-refractivity contribution >= 4 is 17.2 Å². The van der Waals surface area contributed by atoms with E-state index in [0.29, 0.717) is 19.5 Å². The number of hydrogen-bond acceptors (Lipinski definition) is 3. The average Bonchev–Trinajstić information content (AvgIpc) is 3.26. The molecule has 0 saturated heterocycles. The lowest BCUT2D eigenvalue weighted by Gasteiger charge is -2.18. The van der Waals surface area contributed by atoms with Crippen LogP contribution < -0.4 is 5.32 Å². The minimum atomic E-state index is 0.0472. The highest BCUT2D eigenvalue weighted by molar-refractivity contribution is 7.07. The van der Waals surface area contributed by atoms with Gasteiger partial charge in [0.05, 0.1) is 19.0 Å². The van der Waals surface area contributed by atoms with Crippen molar-refractivity contribution in [3.63, 3.8) is 0 Å². The van der Waals surface area contributed by atoms with Gasteiger partial charge in [-0.25, -0.2) is 0 Å². The lowest BCUT2D eigenvalue weighted by Crippen LogP contribution is -2.29. The molecule has 0 aliphatic heterocycles. The van der Waals surface area contributed by atoms with Crippen molar-refractivity contribution in [1.29, 1.82) is 0 Å². The summed E-state index contributed by atoms with van der Waals surface area (Å²) in [6.45, 7) is 1.27. The van der Waals surface area contributed by atoms with Crippen LogP contribution in [0.2, 0.25) is 0 Å². The van der Waals surface area contributed by atoms with E-state index in [1.165, 1.54) is 5.56 Å². The second kappa shape index (κ2) is 7.09. The highest BCUT2D eigenvalue weighted by Crippen LogP contribution is 2.24. The van der Waals surface area contributed by atoms with Crippen molar-refractivity contribution < 1.29 is 4.79 Å². The summed E-state index contributed by atoms with van der Waals surface area (Å²) in [5.74, 6) is 0.0528. The maximum absolute atomic E-state index is 12.2. The normalized spacial score (nSPS) is 12.2. The summed E-state index contributed by atoms with van der Waals surface area (Å²) in [4.78, 5) is 12.2. The maximum atomic E-state index is 12.2. The number of carbonyl (C=O) groups excluding carboxylic acids is 1. The van der Waals surface area contributed by atoms with E-state index in [0.717, 1.165) is 0 Å². The number of aromatic nitrogens is 3. The van der Waals surface area contributed by atoms with Crippen LogP contribution in [-0.2, 0) is 11.3 Å². The van der Waals surface area contributed by atoms with Crippen LogP contribution in [0.15, 0.2) is 59.8 Å². The van der Waals surface area contributed by atoms with Crippen LogP contribution in [0.4, 0.5) is 0 Å². The third-order valence-corrected chi connectivity index (χ3v) is 4.22. The van der Waals surface area contributed by atoms with E-state index in [2.05, 4.69) is 26.4 Å². The van der Waals surface area contributed by atoms with Gasteiger partial charge in [0.1, 0.15) is 0 Å². The fraction of sp³-hybridized carbons (Fsp3) is 0.250. The quantitative estimate of drug-likeness (QED) is 0.728. The molecule has 3 aromatic heterocycles. The van der Waals surface area contributed by atoms with Gasteiger partial charge >= 0.3 is 0 Å². The van der Waals surface area contributed by atoms with Crippen molar-refractivity contribution in [3.05, 3.63) is 65.4 Å². The van der Waals surface area contributed by atoms with E-state index in [-0.39, 0.29) is 11.9 Å². The molecule has 5 nitrogen and oxygen atoms in total. The third-order valence-electron chi connectivity index (χ3n) is 3.52. The van der Waals surface area contributed by atoms with Crippen LogP contribution in [0.25, 0.3) is 0 Å². The zero-order valence-electron chi connectivity index (χ0n) is 12.1. The van der Waals surface area contributed by atoms with Crippen molar-refractivity contribution in [3.8, 4) is 0 Å². The molecule has 0 aliphatic rings. The summed E-state index contributed by atoms with van der Waals surface area (Å²) >= 11 is 1.65. The third kappa shape index (κ3) is 3.65. The summed E-state index contributed by atoms with van der Waals surface area (Å²) in [5.41, 5.74) is 1.17. The predicted molar refractivity (Wildman–Crippen MR) is 86.7 cm³/mol. The van der Waals surface area contributed by atoms with Gasteiger partial charge in [0, 0.05) is 31.3 Å². The second-order valence-electron chi connectivity index (χ2n) is 5.03. The highest BCUT2D eigenvalue weighted by Gasteiger charge is 2.17. The van der Waals surface area contributed by atoms with Gasteiger partial charge in [-0.1, -0.05) is 0 Å². The maximum Gasteiger partial charge on any atom is 0.222 e. The summed E-state index contributed by atoms with van der Waals surface area (Å²) in [5, 5.41) is 11.2. The number of hydrogen-bond donors (Lipinski definition) is 1. The van der Waals surface area contributed by atoms with Gasteiger partial charge < -0.3 is 9.88 Å². The zero-order chi connectivity index (χ0) is 15.2. The first-order valence-corrected chi connectivity index (χ1v) is 8.16. The molecule has 1 unspecified atom stereocenters. The van der Waals surface area contributed by atoms with E-state index >= 15 is 0 Å². The zero-order valence-corrected chi connectivity index (χ0v) is 12.9. The Kier molecular flexibility index (Phi) is 4.70. The van der Waals surface area contributed by atoms with Crippen molar-refractivity contribution in [1.82, 2.24) is 19.7 Å². The second-order valence-corrected chi connectivity index (χ2v) is 5.81. The molecular formula is C16H18N4OS. The van der Waals surface area contributed by atoms with E-state index in [1.54, 1.807) is 17.5 Å². The topological polar surface area (TPSA) is 51.9 Å². The molecule has 1 amide bonds. The minimum Gasteiger partial charge on any atom is -0.354 e. The fourth-order valence-corrected chi connectivity index (χ4v) is 3.11. The van der Waals surface area contributed by atoms with E-state index < -0.39 is 0 Å². The van der Waals surface area contributed by atoms with Gasteiger partial charge in [-0.3, -0.25) is 9.48 Å². The van der Waals surface area contributed by atoms with Gasteiger partial charge in [0.15, 0.2) is 0 Å². The van der Waals surface area contributed by atoms with Gasteiger partial charge in [-0.2, -0.15) is 16.4 Å². The SMILES string of the molecule is O=C(CC(c1ccsc1)n1cccc1)NCCn1cccn1. The predicted octanol–water partition coefficient (Wildman–Crippen LogP) is 2.54. The smallest absolute Gasteiger partial charge is 0.222 e. The van der Waals surface area contributed by atoms with Crippen LogP contribution in [0.3, 0.4) is 0 Å². The standard InChI is InChI=1S/C16H18N4OS/c21-16(17-6-10-20-9-3-5-18-20)12-15(14-4-11-22-13-14)19-7-1-2-8-19/h1-5,7-9,11,13,15H,6,10,12H2,(H,17,21). The highest BCUT2D eigenvalue weighted by atomic mass is 32.1. The minimum absolute atomic E-state index is 0.0472. The molecule has 22 heavy (non-hydrogen) atoms. The molecule has 114 valence electrons. The van der Waals surface area contributed by atoms with Crippen LogP contribution >= 0.6 is 11.3 Å². The Morgan fingerprint density at radius 3 is 2.82 bits per heavy atom. The Bertz CT molecular complexity index is 640. The molecule has 0 aliphatic carbocycles. The molecule has 0 spiro atoms.